The second-order valence-electron chi connectivity index (χ2n) is 11.6. The van der Waals surface area contributed by atoms with Gasteiger partial charge >= 0.3 is 0 Å². The molecule has 1 saturated carbocycles. The van der Waals surface area contributed by atoms with E-state index < -0.39 is 15.6 Å². The number of carbonyl (C=O) groups is 1. The van der Waals surface area contributed by atoms with E-state index in [9.17, 15) is 13.2 Å². The van der Waals surface area contributed by atoms with Crippen LogP contribution >= 0.6 is 23.2 Å². The van der Waals surface area contributed by atoms with E-state index in [1.807, 2.05) is 13.0 Å². The van der Waals surface area contributed by atoms with Crippen LogP contribution in [0.2, 0.25) is 10.0 Å². The Morgan fingerprint density at radius 2 is 1.63 bits per heavy atom. The number of amides is 1. The van der Waals surface area contributed by atoms with Gasteiger partial charge in [-0.25, -0.2) is 13.1 Å². The van der Waals surface area contributed by atoms with Crippen molar-refractivity contribution in [1.29, 1.82) is 0 Å². The molecule has 2 heterocycles. The van der Waals surface area contributed by atoms with Crippen molar-refractivity contribution < 1.29 is 17.9 Å². The molecule has 2 fully saturated rings. The number of rotatable bonds is 7. The van der Waals surface area contributed by atoms with E-state index in [2.05, 4.69) is 14.6 Å². The van der Waals surface area contributed by atoms with Crippen molar-refractivity contribution in [1.82, 2.24) is 14.6 Å². The van der Waals surface area contributed by atoms with Crippen molar-refractivity contribution in [3.8, 4) is 11.3 Å². The third-order valence-electron chi connectivity index (χ3n) is 7.34. The van der Waals surface area contributed by atoms with Crippen molar-refractivity contribution >= 4 is 39.1 Å². The Balaban J connectivity index is 1.74. The molecule has 1 aliphatic heterocycles. The number of hydrogen-bond donors (Lipinski definition) is 2. The number of carbonyl (C=O) groups excluding carboxylic acids is 1. The molecule has 1 amide bonds. The highest BCUT2D eigenvalue weighted by Crippen LogP contribution is 2.38. The Morgan fingerprint density at radius 3 is 2.21 bits per heavy atom. The highest BCUT2D eigenvalue weighted by atomic mass is 35.5. The van der Waals surface area contributed by atoms with Gasteiger partial charge in [0, 0.05) is 48.3 Å². The van der Waals surface area contributed by atoms with Crippen LogP contribution in [0.3, 0.4) is 0 Å². The fourth-order valence-corrected chi connectivity index (χ4v) is 8.14. The summed E-state index contributed by atoms with van der Waals surface area (Å²) in [7, 11) is -3.94. The first-order valence-corrected chi connectivity index (χ1v) is 15.7. The Hall–Kier alpha value is -1.58. The fourth-order valence-electron chi connectivity index (χ4n) is 5.50. The van der Waals surface area contributed by atoms with E-state index >= 15 is 0 Å². The molecule has 210 valence electrons. The lowest BCUT2D eigenvalue weighted by Gasteiger charge is -2.25. The van der Waals surface area contributed by atoms with Gasteiger partial charge in [-0.1, -0.05) is 42.5 Å². The first kappa shape index (κ1) is 29.4. The van der Waals surface area contributed by atoms with E-state index in [0.29, 0.717) is 30.3 Å². The van der Waals surface area contributed by atoms with Crippen LogP contribution in [0.4, 0.5) is 0 Å². The molecule has 2 aliphatic rings. The van der Waals surface area contributed by atoms with E-state index in [0.717, 1.165) is 43.6 Å². The molecule has 0 atom stereocenters. The summed E-state index contributed by atoms with van der Waals surface area (Å²) in [6.07, 6.45) is 7.57. The predicted molar refractivity (Wildman–Crippen MR) is 153 cm³/mol. The summed E-state index contributed by atoms with van der Waals surface area (Å²) < 4.78 is 36.3. The van der Waals surface area contributed by atoms with Gasteiger partial charge in [-0.3, -0.25) is 4.79 Å². The van der Waals surface area contributed by atoms with Crippen molar-refractivity contribution in [2.75, 3.05) is 13.2 Å². The van der Waals surface area contributed by atoms with Crippen LogP contribution in [0.15, 0.2) is 23.1 Å². The Morgan fingerprint density at radius 1 is 1.03 bits per heavy atom. The number of sulfonamides is 1. The van der Waals surface area contributed by atoms with E-state index in [1.54, 1.807) is 32.9 Å². The molecule has 38 heavy (non-hydrogen) atoms. The smallest absolute Gasteiger partial charge is 0.253 e. The molecule has 7 nitrogen and oxygen atoms in total. The molecule has 2 N–H and O–H groups in total. The Kier molecular flexibility index (Phi) is 9.20. The van der Waals surface area contributed by atoms with Crippen LogP contribution in [0.5, 0.6) is 0 Å². The maximum atomic E-state index is 13.4. The first-order chi connectivity index (χ1) is 17.9. The minimum absolute atomic E-state index is 0.0422. The van der Waals surface area contributed by atoms with Gasteiger partial charge in [0.2, 0.25) is 10.0 Å². The molecule has 1 aromatic heterocycles. The third kappa shape index (κ3) is 6.94. The maximum Gasteiger partial charge on any atom is 0.253 e. The zero-order valence-electron chi connectivity index (χ0n) is 22.7. The fraction of sp³-hybridized carbons (Fsp3) is 0.607. The van der Waals surface area contributed by atoms with E-state index in [4.69, 9.17) is 27.9 Å². The second kappa shape index (κ2) is 11.9. The molecule has 10 heteroatoms. The molecule has 2 aromatic rings. The summed E-state index contributed by atoms with van der Waals surface area (Å²) in [4.78, 5) is 13.2. The van der Waals surface area contributed by atoms with E-state index in [-0.39, 0.29) is 26.9 Å². The molecule has 0 bridgehead atoms. The number of hydrogen-bond acceptors (Lipinski definition) is 4. The van der Waals surface area contributed by atoms with E-state index in [1.165, 1.54) is 19.3 Å². The zero-order valence-corrected chi connectivity index (χ0v) is 25.0. The summed E-state index contributed by atoms with van der Waals surface area (Å²) in [5.74, 6) is 0.408. The average Bonchev–Trinajstić information content (AvgIpc) is 3.14. The number of nitrogens with zero attached hydrogens (tertiary/aromatic N) is 1. The number of benzene rings is 1. The first-order valence-electron chi connectivity index (χ1n) is 13.5. The zero-order chi connectivity index (χ0) is 27.7. The lowest BCUT2D eigenvalue weighted by atomic mass is 9.89. The lowest BCUT2D eigenvalue weighted by Crippen LogP contribution is -2.40. The number of ether oxygens (including phenoxy) is 1. The molecule has 0 radical (unpaired) electrons. The van der Waals surface area contributed by atoms with Gasteiger partial charge < -0.3 is 14.6 Å². The monoisotopic (exact) mass is 583 g/mol. The van der Waals surface area contributed by atoms with Crippen LogP contribution in [0.25, 0.3) is 11.3 Å². The molecule has 0 spiro atoms. The molecule has 0 unspecified atom stereocenters. The largest absolute Gasteiger partial charge is 0.381 e. The van der Waals surface area contributed by atoms with Gasteiger partial charge in [-0.05, 0) is 77.5 Å². The molecular formula is C28H39Cl2N3O4S. The second-order valence-corrected chi connectivity index (χ2v) is 14.1. The van der Waals surface area contributed by atoms with Crippen LogP contribution in [0, 0.1) is 12.8 Å². The minimum Gasteiger partial charge on any atom is -0.381 e. The van der Waals surface area contributed by atoms with Crippen molar-refractivity contribution in [2.24, 2.45) is 5.92 Å². The van der Waals surface area contributed by atoms with Crippen LogP contribution in [-0.2, 0) is 21.3 Å². The lowest BCUT2D eigenvalue weighted by molar-refractivity contribution is 0.0696. The summed E-state index contributed by atoms with van der Waals surface area (Å²) in [6.45, 7) is 9.33. The average molecular weight is 585 g/mol. The summed E-state index contributed by atoms with van der Waals surface area (Å²) in [6, 6.07) is 5.24. The quantitative estimate of drug-likeness (QED) is 0.398. The normalized spacial score (nSPS) is 18.1. The van der Waals surface area contributed by atoms with Crippen LogP contribution in [-0.4, -0.2) is 43.7 Å². The standard InChI is InChI=1S/C28H39Cl2N3O4S/c1-18-22(27(34)31-21-10-12-37-13-11-21)16-25(33(18)17-19-8-6-5-7-9-19)20-14-23(29)26(24(30)15-20)38(35,36)32-28(2,3)4/h14-16,19,21,32H,5-13,17H2,1-4H3,(H,31,34). The number of halogens is 2. The van der Waals surface area contributed by atoms with Crippen LogP contribution in [0.1, 0.15) is 81.8 Å². The van der Waals surface area contributed by atoms with Gasteiger partial charge in [0.05, 0.1) is 15.6 Å². The summed E-state index contributed by atoms with van der Waals surface area (Å²) in [5, 5.41) is 3.26. The molecule has 1 aromatic carbocycles. The number of aromatic nitrogens is 1. The highest BCUT2D eigenvalue weighted by molar-refractivity contribution is 7.89. The van der Waals surface area contributed by atoms with Crippen molar-refractivity contribution in [2.45, 2.75) is 95.7 Å². The van der Waals surface area contributed by atoms with Crippen molar-refractivity contribution in [3.05, 3.63) is 39.5 Å². The summed E-state index contributed by atoms with van der Waals surface area (Å²) >= 11 is 13.2. The molecule has 4 rings (SSSR count). The Labute approximate surface area is 236 Å². The van der Waals surface area contributed by atoms with Gasteiger partial charge in [-0.2, -0.15) is 0 Å². The molecular weight excluding hydrogens is 545 g/mol. The van der Waals surface area contributed by atoms with Crippen LogP contribution < -0.4 is 10.0 Å². The van der Waals surface area contributed by atoms with Gasteiger partial charge in [0.25, 0.3) is 5.91 Å². The summed E-state index contributed by atoms with van der Waals surface area (Å²) in [5.41, 5.74) is 2.29. The SMILES string of the molecule is Cc1c(C(=O)NC2CCOCC2)cc(-c2cc(Cl)c(S(=O)(=O)NC(C)(C)C)c(Cl)c2)n1CC1CCCCC1. The third-order valence-corrected chi connectivity index (χ3v) is 10.0. The molecule has 1 saturated heterocycles. The van der Waals surface area contributed by atoms with Gasteiger partial charge in [0.15, 0.2) is 0 Å². The highest BCUT2D eigenvalue weighted by Gasteiger charge is 2.29. The van der Waals surface area contributed by atoms with Gasteiger partial charge in [0.1, 0.15) is 4.90 Å². The maximum absolute atomic E-state index is 13.4. The molecule has 1 aliphatic carbocycles. The predicted octanol–water partition coefficient (Wildman–Crippen LogP) is 6.34. The van der Waals surface area contributed by atoms with Crippen molar-refractivity contribution in [3.63, 3.8) is 0 Å². The van der Waals surface area contributed by atoms with Gasteiger partial charge in [-0.15, -0.1) is 0 Å². The minimum atomic E-state index is -3.94. The topological polar surface area (TPSA) is 89.4 Å². The Bertz CT molecular complexity index is 1250. The number of nitrogens with one attached hydrogen (secondary N) is 2.